The Labute approximate surface area is 81.7 Å². The molecular weight excluding hydrogens is 160 g/mol. The number of piperidine rings is 1. The van der Waals surface area contributed by atoms with Gasteiger partial charge < -0.3 is 10.2 Å². The lowest BCUT2D eigenvalue weighted by atomic mass is 9.99. The Balaban J connectivity index is 1.62. The zero-order valence-electron chi connectivity index (χ0n) is 8.76. The molecule has 1 atom stereocenters. The summed E-state index contributed by atoms with van der Waals surface area (Å²) in [5.74, 6) is 1.96. The van der Waals surface area contributed by atoms with Crippen molar-refractivity contribution in [3.8, 4) is 0 Å². The number of nitrogens with zero attached hydrogens (tertiary/aromatic N) is 1. The summed E-state index contributed by atoms with van der Waals surface area (Å²) in [4.78, 5) is 2.54. The van der Waals surface area contributed by atoms with E-state index in [-0.39, 0.29) is 0 Å². The number of nitrogens with one attached hydrogen (secondary N) is 1. The molecule has 1 N–H and O–H groups in total. The van der Waals surface area contributed by atoms with Crippen LogP contribution in [0.1, 0.15) is 25.7 Å². The highest BCUT2D eigenvalue weighted by Gasteiger charge is 2.24. The zero-order chi connectivity index (χ0) is 9.10. The fourth-order valence-corrected chi connectivity index (χ4v) is 2.34. The molecule has 1 aliphatic carbocycles. The van der Waals surface area contributed by atoms with Crippen molar-refractivity contribution in [2.24, 2.45) is 11.8 Å². The Morgan fingerprint density at radius 2 is 1.92 bits per heavy atom. The van der Waals surface area contributed by atoms with Crippen LogP contribution in [0.25, 0.3) is 0 Å². The summed E-state index contributed by atoms with van der Waals surface area (Å²) >= 11 is 0. The first kappa shape index (κ1) is 9.47. The maximum atomic E-state index is 3.48. The van der Waals surface area contributed by atoms with Gasteiger partial charge in [0.1, 0.15) is 0 Å². The van der Waals surface area contributed by atoms with Gasteiger partial charge >= 0.3 is 0 Å². The van der Waals surface area contributed by atoms with Crippen molar-refractivity contribution >= 4 is 0 Å². The minimum absolute atomic E-state index is 0.914. The maximum Gasteiger partial charge on any atom is 0.00189 e. The van der Waals surface area contributed by atoms with Gasteiger partial charge in [-0.05, 0) is 57.7 Å². The molecule has 0 spiro atoms. The van der Waals surface area contributed by atoms with E-state index in [9.17, 15) is 0 Å². The third-order valence-electron chi connectivity index (χ3n) is 3.24. The van der Waals surface area contributed by atoms with Gasteiger partial charge in [-0.3, -0.25) is 0 Å². The van der Waals surface area contributed by atoms with Crippen LogP contribution in [0, 0.1) is 11.8 Å². The van der Waals surface area contributed by atoms with E-state index in [0.717, 1.165) is 11.8 Å². The first-order valence-corrected chi connectivity index (χ1v) is 5.74. The third-order valence-corrected chi connectivity index (χ3v) is 3.24. The van der Waals surface area contributed by atoms with Crippen molar-refractivity contribution in [2.75, 3.05) is 33.2 Å². The first-order chi connectivity index (χ1) is 6.34. The van der Waals surface area contributed by atoms with Crippen molar-refractivity contribution in [2.45, 2.75) is 25.7 Å². The smallest absolute Gasteiger partial charge is 0.00189 e. The average Bonchev–Trinajstić information content (AvgIpc) is 2.90. The van der Waals surface area contributed by atoms with Gasteiger partial charge in [-0.1, -0.05) is 0 Å². The lowest BCUT2D eigenvalue weighted by Crippen LogP contribution is -2.37. The lowest BCUT2D eigenvalue weighted by molar-refractivity contribution is 0.236. The van der Waals surface area contributed by atoms with E-state index >= 15 is 0 Å². The Morgan fingerprint density at radius 3 is 2.54 bits per heavy atom. The molecular formula is C11H22N2. The largest absolute Gasteiger partial charge is 0.316 e. The van der Waals surface area contributed by atoms with E-state index in [2.05, 4.69) is 17.3 Å². The second-order valence-electron chi connectivity index (χ2n) is 4.88. The predicted molar refractivity (Wildman–Crippen MR) is 55.8 cm³/mol. The highest BCUT2D eigenvalue weighted by molar-refractivity contribution is 4.78. The van der Waals surface area contributed by atoms with Crippen LogP contribution in [0.3, 0.4) is 0 Å². The van der Waals surface area contributed by atoms with Crippen LogP contribution in [0.15, 0.2) is 0 Å². The Morgan fingerprint density at radius 1 is 1.15 bits per heavy atom. The van der Waals surface area contributed by atoms with Crippen LogP contribution < -0.4 is 5.32 Å². The minimum Gasteiger partial charge on any atom is -0.316 e. The molecule has 0 aromatic rings. The summed E-state index contributed by atoms with van der Waals surface area (Å²) in [6.07, 6.45) is 5.77. The van der Waals surface area contributed by atoms with Gasteiger partial charge in [0.25, 0.3) is 0 Å². The van der Waals surface area contributed by atoms with E-state index in [1.165, 1.54) is 51.9 Å². The summed E-state index contributed by atoms with van der Waals surface area (Å²) in [6, 6.07) is 0. The maximum absolute atomic E-state index is 3.48. The van der Waals surface area contributed by atoms with E-state index in [1.54, 1.807) is 0 Å². The number of hydrogen-bond donors (Lipinski definition) is 1. The standard InChI is InChI=1S/C11H22N2/c1-13(8-10-4-5-10)9-11-3-2-6-12-7-11/h10-12H,2-9H2,1H3. The Hall–Kier alpha value is -0.0800. The molecule has 0 bridgehead atoms. The van der Waals surface area contributed by atoms with Crippen LogP contribution in [-0.4, -0.2) is 38.1 Å². The van der Waals surface area contributed by atoms with Gasteiger partial charge in [0, 0.05) is 13.1 Å². The van der Waals surface area contributed by atoms with E-state index in [0.29, 0.717) is 0 Å². The van der Waals surface area contributed by atoms with Gasteiger partial charge in [0.05, 0.1) is 0 Å². The molecule has 2 nitrogen and oxygen atoms in total. The fourth-order valence-electron chi connectivity index (χ4n) is 2.34. The van der Waals surface area contributed by atoms with Crippen LogP contribution in [0.4, 0.5) is 0 Å². The summed E-state index contributed by atoms with van der Waals surface area (Å²) in [7, 11) is 2.28. The highest BCUT2D eigenvalue weighted by Crippen LogP contribution is 2.29. The second kappa shape index (κ2) is 4.43. The quantitative estimate of drug-likeness (QED) is 0.705. The van der Waals surface area contributed by atoms with Gasteiger partial charge in [-0.15, -0.1) is 0 Å². The second-order valence-corrected chi connectivity index (χ2v) is 4.88. The highest BCUT2D eigenvalue weighted by atomic mass is 15.1. The molecule has 0 aromatic heterocycles. The molecule has 2 rings (SSSR count). The number of rotatable bonds is 4. The van der Waals surface area contributed by atoms with Gasteiger partial charge in [0.15, 0.2) is 0 Å². The molecule has 2 aliphatic rings. The number of hydrogen-bond acceptors (Lipinski definition) is 2. The molecule has 1 heterocycles. The minimum atomic E-state index is 0.914. The molecule has 76 valence electrons. The molecule has 1 saturated heterocycles. The van der Waals surface area contributed by atoms with E-state index < -0.39 is 0 Å². The fraction of sp³-hybridized carbons (Fsp3) is 1.00. The van der Waals surface area contributed by atoms with Crippen LogP contribution in [0.2, 0.25) is 0 Å². The molecule has 2 heteroatoms. The van der Waals surface area contributed by atoms with Crippen LogP contribution in [-0.2, 0) is 0 Å². The summed E-state index contributed by atoms with van der Waals surface area (Å²) in [6.45, 7) is 5.14. The van der Waals surface area contributed by atoms with Crippen LogP contribution >= 0.6 is 0 Å². The molecule has 0 radical (unpaired) electrons. The van der Waals surface area contributed by atoms with Gasteiger partial charge in [0.2, 0.25) is 0 Å². The first-order valence-electron chi connectivity index (χ1n) is 5.74. The molecule has 1 unspecified atom stereocenters. The normalized spacial score (nSPS) is 29.5. The summed E-state index contributed by atoms with van der Waals surface area (Å²) < 4.78 is 0. The Kier molecular flexibility index (Phi) is 3.23. The third kappa shape index (κ3) is 3.28. The van der Waals surface area contributed by atoms with Crippen molar-refractivity contribution in [3.63, 3.8) is 0 Å². The van der Waals surface area contributed by atoms with Gasteiger partial charge in [-0.25, -0.2) is 0 Å². The lowest BCUT2D eigenvalue weighted by Gasteiger charge is -2.27. The predicted octanol–water partition coefficient (Wildman–Crippen LogP) is 1.33. The molecule has 1 saturated carbocycles. The van der Waals surface area contributed by atoms with Crippen molar-refractivity contribution in [3.05, 3.63) is 0 Å². The summed E-state index contributed by atoms with van der Waals surface area (Å²) in [5.41, 5.74) is 0. The average molecular weight is 182 g/mol. The molecule has 0 amide bonds. The topological polar surface area (TPSA) is 15.3 Å². The zero-order valence-corrected chi connectivity index (χ0v) is 8.76. The molecule has 2 fully saturated rings. The van der Waals surface area contributed by atoms with Crippen molar-refractivity contribution in [1.29, 1.82) is 0 Å². The monoisotopic (exact) mass is 182 g/mol. The summed E-state index contributed by atoms with van der Waals surface area (Å²) in [5, 5.41) is 3.48. The van der Waals surface area contributed by atoms with Gasteiger partial charge in [-0.2, -0.15) is 0 Å². The van der Waals surface area contributed by atoms with E-state index in [1.807, 2.05) is 0 Å². The molecule has 1 aliphatic heterocycles. The molecule has 0 aromatic carbocycles. The van der Waals surface area contributed by atoms with Crippen LogP contribution in [0.5, 0.6) is 0 Å². The van der Waals surface area contributed by atoms with Crippen molar-refractivity contribution < 1.29 is 0 Å². The molecule has 13 heavy (non-hydrogen) atoms. The van der Waals surface area contributed by atoms with E-state index in [4.69, 9.17) is 0 Å². The SMILES string of the molecule is CN(CC1CC1)CC1CCCNC1. The Bertz CT molecular complexity index is 148. The van der Waals surface area contributed by atoms with Crippen molar-refractivity contribution in [1.82, 2.24) is 10.2 Å².